The maximum atomic E-state index is 3.80. The van der Waals surface area contributed by atoms with Gasteiger partial charge < -0.3 is 0 Å². The molecule has 0 saturated heterocycles. The molecule has 0 aromatic carbocycles. The molecule has 0 rings (SSSR count). The van der Waals surface area contributed by atoms with Crippen LogP contribution in [0.4, 0.5) is 0 Å². The smallest absolute Gasteiger partial charge is 0.00799 e. The first-order chi connectivity index (χ1) is 1.91. The van der Waals surface area contributed by atoms with Crippen LogP contribution < -0.4 is 0 Å². The highest BCUT2D eigenvalue weighted by Gasteiger charge is 1.45. The van der Waals surface area contributed by atoms with Crippen molar-refractivity contribution < 1.29 is 0 Å². The van der Waals surface area contributed by atoms with Crippen LogP contribution in [0.25, 0.3) is 0 Å². The van der Waals surface area contributed by atoms with Gasteiger partial charge in [0.1, 0.15) is 0 Å². The quantitative estimate of drug-likeness (QED) is 0.288. The number of hydrogen-bond donors (Lipinski definition) is 1. The van der Waals surface area contributed by atoms with Gasteiger partial charge in [0.2, 0.25) is 0 Å². The molecule has 0 spiro atoms. The van der Waals surface area contributed by atoms with Crippen LogP contribution in [0.5, 0.6) is 0 Å². The molecular formula is C3H10PS+. The predicted molar refractivity (Wildman–Crippen MR) is 36.6 cm³/mol. The molecule has 32 valence electrons. The molecule has 0 N–H and O–H groups in total. The zero-order chi connectivity index (χ0) is 3.41. The lowest BCUT2D eigenvalue weighted by Gasteiger charge is -1.57. The minimum Gasteiger partial charge on any atom is -0.175 e. The van der Waals surface area contributed by atoms with E-state index in [1.165, 1.54) is 0 Å². The topological polar surface area (TPSA) is 0 Å². The monoisotopic (exact) mass is 109 g/mol. The van der Waals surface area contributed by atoms with Gasteiger partial charge in [-0.25, -0.2) is 0 Å². The van der Waals surface area contributed by atoms with Crippen molar-refractivity contribution in [1.82, 2.24) is 0 Å². The van der Waals surface area contributed by atoms with E-state index in [0.717, 1.165) is 5.75 Å². The Bertz CT molecular complexity index is 20.9. The summed E-state index contributed by atoms with van der Waals surface area (Å²) in [5.74, 6) is 0.778. The van der Waals surface area contributed by atoms with E-state index in [9.17, 15) is 0 Å². The van der Waals surface area contributed by atoms with Crippen molar-refractivity contribution in [2.45, 2.75) is 0 Å². The van der Waals surface area contributed by atoms with E-state index in [-0.39, 0.29) is 9.90 Å². The van der Waals surface area contributed by atoms with E-state index in [1.54, 1.807) is 6.08 Å². The molecule has 0 nitrogen and oxygen atoms in total. The Morgan fingerprint density at radius 2 is 2.00 bits per heavy atom. The molecule has 0 radical (unpaired) electrons. The lowest BCUT2D eigenvalue weighted by atomic mass is 10.8. The highest BCUT2D eigenvalue weighted by Crippen LogP contribution is 1.65. The van der Waals surface area contributed by atoms with Crippen molar-refractivity contribution in [1.29, 1.82) is 0 Å². The van der Waals surface area contributed by atoms with Gasteiger partial charge in [-0.2, -0.15) is 12.6 Å². The Labute approximate surface area is 41.7 Å². The molecule has 0 bridgehead atoms. The zero-order valence-corrected chi connectivity index (χ0v) is 6.33. The Hall–Kier alpha value is 0.520. The maximum absolute atomic E-state index is 3.80. The maximum Gasteiger partial charge on any atom is 0.00799 e. The highest BCUT2D eigenvalue weighted by molar-refractivity contribution is 7.80. The van der Waals surface area contributed by atoms with Gasteiger partial charge >= 0.3 is 0 Å². The first-order valence-corrected chi connectivity index (χ1v) is 1.77. The fourth-order valence-electron chi connectivity index (χ4n) is 0. The van der Waals surface area contributed by atoms with Crippen LogP contribution in [0.1, 0.15) is 0 Å². The lowest BCUT2D eigenvalue weighted by molar-refractivity contribution is 1.85. The van der Waals surface area contributed by atoms with Crippen LogP contribution in [0.3, 0.4) is 0 Å². The van der Waals surface area contributed by atoms with Gasteiger partial charge in [-0.15, -0.1) is 6.58 Å². The summed E-state index contributed by atoms with van der Waals surface area (Å²) in [6, 6.07) is 0. The van der Waals surface area contributed by atoms with Gasteiger partial charge in [-0.3, -0.25) is 0 Å². The van der Waals surface area contributed by atoms with Crippen molar-refractivity contribution in [2.75, 3.05) is 5.75 Å². The molecule has 0 saturated carbocycles. The molecule has 2 heteroatoms. The zero-order valence-electron chi connectivity index (χ0n) is 3.44. The standard InChI is InChI=1S/C3H6S.H3P/c1-2-3-4;/h2,4H,1,3H2;1H3/p+1. The second kappa shape index (κ2) is 8.82. The Morgan fingerprint density at radius 1 is 1.80 bits per heavy atom. The van der Waals surface area contributed by atoms with E-state index < -0.39 is 0 Å². The van der Waals surface area contributed by atoms with Crippen molar-refractivity contribution >= 4 is 22.5 Å². The van der Waals surface area contributed by atoms with E-state index in [1.807, 2.05) is 0 Å². The van der Waals surface area contributed by atoms with Crippen LogP contribution in [-0.2, 0) is 0 Å². The lowest BCUT2D eigenvalue weighted by Crippen LogP contribution is -1.45. The van der Waals surface area contributed by atoms with Crippen LogP contribution >= 0.6 is 22.5 Å². The second-order valence-corrected chi connectivity index (χ2v) is 0.836. The van der Waals surface area contributed by atoms with E-state index >= 15 is 0 Å². The third-order valence-electron chi connectivity index (χ3n) is 0.129. The number of hydrogen-bond acceptors (Lipinski definition) is 1. The fourth-order valence-corrected chi connectivity index (χ4v) is 0. The molecular weight excluding hydrogens is 99.1 g/mol. The molecule has 1 atom stereocenters. The van der Waals surface area contributed by atoms with Gasteiger partial charge in [0.05, 0.1) is 0 Å². The van der Waals surface area contributed by atoms with Crippen molar-refractivity contribution in [2.24, 2.45) is 0 Å². The summed E-state index contributed by atoms with van der Waals surface area (Å²) >= 11 is 3.80. The van der Waals surface area contributed by atoms with Crippen molar-refractivity contribution in [3.63, 3.8) is 0 Å². The van der Waals surface area contributed by atoms with Gasteiger partial charge in [-0.05, 0) is 9.90 Å². The largest absolute Gasteiger partial charge is 0.175 e. The van der Waals surface area contributed by atoms with E-state index in [4.69, 9.17) is 0 Å². The summed E-state index contributed by atoms with van der Waals surface area (Å²) in [5.41, 5.74) is 0. The molecule has 0 fully saturated rings. The van der Waals surface area contributed by atoms with E-state index in [2.05, 4.69) is 19.2 Å². The molecule has 0 amide bonds. The summed E-state index contributed by atoms with van der Waals surface area (Å²) in [6.45, 7) is 3.40. The Balaban J connectivity index is 0. The van der Waals surface area contributed by atoms with Gasteiger partial charge in [0.25, 0.3) is 0 Å². The summed E-state index contributed by atoms with van der Waals surface area (Å²) in [6.07, 6.45) is 1.74. The van der Waals surface area contributed by atoms with Gasteiger partial charge in [0.15, 0.2) is 0 Å². The first-order valence-electron chi connectivity index (χ1n) is 1.13. The normalized spacial score (nSPS) is 5.00. The van der Waals surface area contributed by atoms with Crippen LogP contribution in [0.2, 0.25) is 0 Å². The molecule has 0 heterocycles. The molecule has 0 aromatic heterocycles. The van der Waals surface area contributed by atoms with Gasteiger partial charge in [0, 0.05) is 5.75 Å². The number of rotatable bonds is 1. The van der Waals surface area contributed by atoms with Crippen LogP contribution in [-0.4, -0.2) is 5.75 Å². The molecule has 0 aromatic rings. The highest BCUT2D eigenvalue weighted by atomic mass is 32.1. The third-order valence-corrected chi connectivity index (χ3v) is 0.387. The second-order valence-electron chi connectivity index (χ2n) is 0.471. The molecule has 1 unspecified atom stereocenters. The predicted octanol–water partition coefficient (Wildman–Crippen LogP) is 0.893. The Morgan fingerprint density at radius 3 is 2.00 bits per heavy atom. The molecule has 0 aliphatic heterocycles. The summed E-state index contributed by atoms with van der Waals surface area (Å²) in [5, 5.41) is 0. The molecule has 5 heavy (non-hydrogen) atoms. The molecule has 0 aliphatic carbocycles. The first kappa shape index (κ1) is 9.10. The third kappa shape index (κ3) is 12.4. The minimum absolute atomic E-state index is 0. The minimum atomic E-state index is 0. The number of thiol groups is 1. The summed E-state index contributed by atoms with van der Waals surface area (Å²) < 4.78 is 0. The Kier molecular flexibility index (Phi) is 16.1. The average Bonchev–Trinajstić information content (AvgIpc) is 1.37. The average molecular weight is 109 g/mol. The van der Waals surface area contributed by atoms with E-state index in [0.29, 0.717) is 0 Å². The summed E-state index contributed by atoms with van der Waals surface area (Å²) in [7, 11) is 0. The van der Waals surface area contributed by atoms with Crippen molar-refractivity contribution in [3.05, 3.63) is 12.7 Å². The summed E-state index contributed by atoms with van der Waals surface area (Å²) in [4.78, 5) is 0. The van der Waals surface area contributed by atoms with Crippen LogP contribution in [0, 0.1) is 0 Å². The van der Waals surface area contributed by atoms with Gasteiger partial charge in [-0.1, -0.05) is 6.08 Å². The molecule has 0 aliphatic rings. The van der Waals surface area contributed by atoms with Crippen LogP contribution in [0.15, 0.2) is 12.7 Å². The SMILES string of the molecule is C=CCS.[PH4+]. The van der Waals surface area contributed by atoms with Crippen molar-refractivity contribution in [3.8, 4) is 0 Å². The fraction of sp³-hybridized carbons (Fsp3) is 0.333.